The van der Waals surface area contributed by atoms with E-state index >= 15 is 0 Å². The lowest BCUT2D eigenvalue weighted by Crippen LogP contribution is -2.59. The summed E-state index contributed by atoms with van der Waals surface area (Å²) in [6, 6.07) is 0. The molecule has 2 atom stereocenters. The van der Waals surface area contributed by atoms with Crippen LogP contribution in [0, 0.1) is 17.3 Å². The molecule has 0 unspecified atom stereocenters. The van der Waals surface area contributed by atoms with E-state index in [0.717, 1.165) is 42.7 Å². The standard InChI is InChI=1S/C25H30O16/c1-9-40-23(32)25(24(33)41-10-2)15(21(30)38-7)13(19(28)36-5)11(17(26)34-3)12(18(27)35-4)14(20(29)37-6)16(25)22(31)39-8/h15-16H,9-10H2,1-8H3/t15-,16+. The summed E-state index contributed by atoms with van der Waals surface area (Å²) in [5.41, 5.74) is -8.20. The zero-order chi connectivity index (χ0) is 31.7. The molecule has 0 heterocycles. The number of carbonyl (C=O) groups is 8. The first kappa shape index (κ1) is 34.3. The Kier molecular flexibility index (Phi) is 12.2. The number of methoxy groups -OCH3 is 6. The molecule has 1 rings (SSSR count). The van der Waals surface area contributed by atoms with E-state index in [0.29, 0.717) is 0 Å². The van der Waals surface area contributed by atoms with Crippen molar-refractivity contribution in [2.45, 2.75) is 13.8 Å². The van der Waals surface area contributed by atoms with Crippen LogP contribution in [0.3, 0.4) is 0 Å². The van der Waals surface area contributed by atoms with Crippen LogP contribution in [0.25, 0.3) is 0 Å². The van der Waals surface area contributed by atoms with Gasteiger partial charge in [0.25, 0.3) is 0 Å². The SMILES string of the molecule is CCOC(=O)C1(C(=O)OCC)[C@H](C(=O)OC)C(C(=O)OC)=C(C(=O)OC)C(C(=O)OC)=C(C(=O)OC)[C@@H]1C(=O)OC. The molecule has 0 saturated heterocycles. The lowest BCUT2D eigenvalue weighted by Gasteiger charge is -2.38. The zero-order valence-electron chi connectivity index (χ0n) is 23.6. The van der Waals surface area contributed by atoms with E-state index in [1.807, 2.05) is 0 Å². The number of hydrogen-bond donors (Lipinski definition) is 0. The predicted molar refractivity (Wildman–Crippen MR) is 129 cm³/mol. The number of rotatable bonds is 10. The molecule has 226 valence electrons. The average Bonchev–Trinajstić information content (AvgIpc) is 3.10. The van der Waals surface area contributed by atoms with Gasteiger partial charge in [0.1, 0.15) is 11.8 Å². The van der Waals surface area contributed by atoms with Crippen LogP contribution in [-0.4, -0.2) is 104 Å². The average molecular weight is 586 g/mol. The number of carbonyl (C=O) groups excluding carboxylic acids is 8. The largest absolute Gasteiger partial charge is 0.469 e. The maximum atomic E-state index is 13.9. The Morgan fingerprint density at radius 1 is 0.512 bits per heavy atom. The Labute approximate surface area is 233 Å². The molecule has 41 heavy (non-hydrogen) atoms. The van der Waals surface area contributed by atoms with Crippen molar-refractivity contribution >= 4 is 47.8 Å². The van der Waals surface area contributed by atoms with Gasteiger partial charge >= 0.3 is 47.8 Å². The highest BCUT2D eigenvalue weighted by molar-refractivity contribution is 6.22. The summed E-state index contributed by atoms with van der Waals surface area (Å²) in [6.07, 6.45) is 0. The maximum absolute atomic E-state index is 13.9. The Morgan fingerprint density at radius 3 is 1.02 bits per heavy atom. The second-order valence-electron chi connectivity index (χ2n) is 7.77. The van der Waals surface area contributed by atoms with Gasteiger partial charge in [-0.05, 0) is 13.8 Å². The van der Waals surface area contributed by atoms with Gasteiger partial charge in [-0.15, -0.1) is 0 Å². The molecule has 0 N–H and O–H groups in total. The van der Waals surface area contributed by atoms with Crippen LogP contribution in [-0.2, 0) is 76.3 Å². The second kappa shape index (κ2) is 14.6. The van der Waals surface area contributed by atoms with E-state index in [9.17, 15) is 38.4 Å². The maximum Gasteiger partial charge on any atom is 0.339 e. The Hall–Kier alpha value is -4.76. The van der Waals surface area contributed by atoms with Gasteiger partial charge in [-0.2, -0.15) is 0 Å². The first-order valence-electron chi connectivity index (χ1n) is 11.7. The van der Waals surface area contributed by atoms with Crippen LogP contribution in [0.2, 0.25) is 0 Å². The van der Waals surface area contributed by atoms with Crippen molar-refractivity contribution in [1.82, 2.24) is 0 Å². The van der Waals surface area contributed by atoms with Gasteiger partial charge in [0.2, 0.25) is 0 Å². The van der Waals surface area contributed by atoms with Crippen molar-refractivity contribution in [1.29, 1.82) is 0 Å². The number of esters is 8. The monoisotopic (exact) mass is 586 g/mol. The van der Waals surface area contributed by atoms with E-state index < -0.39 is 101 Å². The van der Waals surface area contributed by atoms with Gasteiger partial charge in [0.05, 0.1) is 78.2 Å². The minimum atomic E-state index is -3.41. The molecule has 0 bridgehead atoms. The first-order valence-corrected chi connectivity index (χ1v) is 11.7. The van der Waals surface area contributed by atoms with Crippen LogP contribution < -0.4 is 0 Å². The van der Waals surface area contributed by atoms with Gasteiger partial charge in [0, 0.05) is 0 Å². The normalized spacial score (nSPS) is 17.8. The summed E-state index contributed by atoms with van der Waals surface area (Å²) in [5, 5.41) is 0. The van der Waals surface area contributed by atoms with Gasteiger partial charge in [-0.3, -0.25) is 19.2 Å². The highest BCUT2D eigenvalue weighted by Gasteiger charge is 2.71. The van der Waals surface area contributed by atoms with Gasteiger partial charge in [0.15, 0.2) is 5.41 Å². The number of ether oxygens (including phenoxy) is 8. The third kappa shape index (κ3) is 5.90. The molecule has 0 aromatic rings. The second-order valence-corrected chi connectivity index (χ2v) is 7.77. The fourth-order valence-corrected chi connectivity index (χ4v) is 4.37. The van der Waals surface area contributed by atoms with Crippen LogP contribution in [0.1, 0.15) is 13.8 Å². The summed E-state index contributed by atoms with van der Waals surface area (Å²) in [5.74, 6) is -18.2. The topological polar surface area (TPSA) is 210 Å². The van der Waals surface area contributed by atoms with Crippen molar-refractivity contribution in [3.63, 3.8) is 0 Å². The quantitative estimate of drug-likeness (QED) is 0.170. The van der Waals surface area contributed by atoms with Crippen molar-refractivity contribution < 1.29 is 76.3 Å². The Morgan fingerprint density at radius 2 is 0.805 bits per heavy atom. The molecule has 0 amide bonds. The Balaban J connectivity index is 5.07. The van der Waals surface area contributed by atoms with Crippen LogP contribution in [0.15, 0.2) is 22.3 Å². The summed E-state index contributed by atoms with van der Waals surface area (Å²) in [7, 11) is 4.75. The highest BCUT2D eigenvalue weighted by Crippen LogP contribution is 2.52. The molecule has 0 fully saturated rings. The van der Waals surface area contributed by atoms with Gasteiger partial charge in [-0.25, -0.2) is 19.2 Å². The van der Waals surface area contributed by atoms with E-state index in [1.54, 1.807) is 0 Å². The third-order valence-corrected chi connectivity index (χ3v) is 5.97. The summed E-state index contributed by atoms with van der Waals surface area (Å²) in [6.45, 7) is 1.62. The summed E-state index contributed by atoms with van der Waals surface area (Å²) in [4.78, 5) is 108. The molecule has 0 aliphatic heterocycles. The Bertz CT molecular complexity index is 1100. The minimum Gasteiger partial charge on any atom is -0.469 e. The molecule has 0 spiro atoms. The molecular weight excluding hydrogens is 556 g/mol. The molecule has 0 radical (unpaired) electrons. The molecular formula is C25H30O16. The van der Waals surface area contributed by atoms with Gasteiger partial charge < -0.3 is 37.9 Å². The highest BCUT2D eigenvalue weighted by atomic mass is 16.6. The van der Waals surface area contributed by atoms with Crippen molar-refractivity contribution in [3.8, 4) is 0 Å². The van der Waals surface area contributed by atoms with E-state index in [1.165, 1.54) is 13.8 Å². The molecule has 0 aromatic heterocycles. The van der Waals surface area contributed by atoms with E-state index in [-0.39, 0.29) is 0 Å². The van der Waals surface area contributed by atoms with Crippen molar-refractivity contribution in [3.05, 3.63) is 22.3 Å². The first-order chi connectivity index (χ1) is 19.4. The molecule has 1 aliphatic carbocycles. The molecule has 0 aromatic carbocycles. The zero-order valence-corrected chi connectivity index (χ0v) is 23.6. The fraction of sp³-hybridized carbons (Fsp3) is 0.520. The van der Waals surface area contributed by atoms with E-state index in [4.69, 9.17) is 37.9 Å². The predicted octanol–water partition coefficient (Wildman–Crippen LogP) is -1.02. The molecule has 16 nitrogen and oxygen atoms in total. The molecule has 16 heteroatoms. The lowest BCUT2D eigenvalue weighted by atomic mass is 9.62. The van der Waals surface area contributed by atoms with Crippen molar-refractivity contribution in [2.75, 3.05) is 55.9 Å². The van der Waals surface area contributed by atoms with Crippen LogP contribution in [0.5, 0.6) is 0 Å². The fourth-order valence-electron chi connectivity index (χ4n) is 4.37. The molecule has 0 saturated carbocycles. The van der Waals surface area contributed by atoms with E-state index in [2.05, 4.69) is 0 Å². The summed E-state index contributed by atoms with van der Waals surface area (Å²) >= 11 is 0. The van der Waals surface area contributed by atoms with Crippen LogP contribution >= 0.6 is 0 Å². The number of hydrogen-bond acceptors (Lipinski definition) is 16. The van der Waals surface area contributed by atoms with Gasteiger partial charge in [-0.1, -0.05) is 0 Å². The van der Waals surface area contributed by atoms with Crippen LogP contribution in [0.4, 0.5) is 0 Å². The minimum absolute atomic E-state index is 0.482. The van der Waals surface area contributed by atoms with Crippen molar-refractivity contribution in [2.24, 2.45) is 17.3 Å². The summed E-state index contributed by atoms with van der Waals surface area (Å²) < 4.78 is 38.7. The lowest BCUT2D eigenvalue weighted by molar-refractivity contribution is -0.190. The molecule has 1 aliphatic rings. The smallest absolute Gasteiger partial charge is 0.339 e. The third-order valence-electron chi connectivity index (χ3n) is 5.97.